The van der Waals surface area contributed by atoms with E-state index < -0.39 is 89.3 Å². The van der Waals surface area contributed by atoms with E-state index >= 15 is 0 Å². The molecule has 17 heteroatoms. The summed E-state index contributed by atoms with van der Waals surface area (Å²) in [6.07, 6.45) is 1.45. The monoisotopic (exact) mass is 931 g/mol. The predicted octanol–water partition coefficient (Wildman–Crippen LogP) is 4.00. The Morgan fingerprint density at radius 1 is 0.754 bits per heavy atom. The SMILES string of the molecule is CCC(C)CC(C)CCCCCCCCC(=O)N[C@@H](C[C@@H](O)[C@H](C)Sc1ccc(O)cc1)C(=O)N[C@H](C(=O)N1C[C@H](O)C[C@H]1C(=O)N[C@H](C(C)=O)[C@H](O)[C@@H](O)c1ccc(O)cc1)[C@@H](C)O. The molecule has 16 nitrogen and oxygen atoms in total. The third-order valence-electron chi connectivity index (χ3n) is 12.2. The molecule has 0 bridgehead atoms. The van der Waals surface area contributed by atoms with Gasteiger partial charge in [0.1, 0.15) is 47.9 Å². The Morgan fingerprint density at radius 2 is 1.34 bits per heavy atom. The summed E-state index contributed by atoms with van der Waals surface area (Å²) >= 11 is 1.29. The maximum absolute atomic E-state index is 14.1. The molecule has 0 spiro atoms. The molecule has 1 saturated heterocycles. The van der Waals surface area contributed by atoms with Gasteiger partial charge in [0.15, 0.2) is 5.78 Å². The second kappa shape index (κ2) is 27.4. The number of Topliss-reactive ketones (excluding diaryl/α,β-unsaturated/α-hetero) is 1. The molecule has 0 radical (unpaired) electrons. The van der Waals surface area contributed by atoms with Crippen LogP contribution in [-0.2, 0) is 24.0 Å². The lowest BCUT2D eigenvalue weighted by atomic mass is 9.91. The fraction of sp³-hybridized carbons (Fsp3) is 0.646. The van der Waals surface area contributed by atoms with Crippen molar-refractivity contribution in [3.8, 4) is 11.5 Å². The van der Waals surface area contributed by atoms with Crippen LogP contribution in [0.1, 0.15) is 130 Å². The van der Waals surface area contributed by atoms with Crippen LogP contribution in [0.2, 0.25) is 0 Å². The van der Waals surface area contributed by atoms with Gasteiger partial charge in [-0.25, -0.2) is 0 Å². The summed E-state index contributed by atoms with van der Waals surface area (Å²) < 4.78 is 0. The zero-order chi connectivity index (χ0) is 48.4. The highest BCUT2D eigenvalue weighted by Gasteiger charge is 2.45. The summed E-state index contributed by atoms with van der Waals surface area (Å²) in [6, 6.07) is 5.43. The first-order valence-corrected chi connectivity index (χ1v) is 24.0. The number of rotatable bonds is 28. The molecular formula is C48H74N4O12S. The van der Waals surface area contributed by atoms with Crippen LogP contribution in [0.3, 0.4) is 0 Å². The van der Waals surface area contributed by atoms with Crippen LogP contribution in [0.25, 0.3) is 0 Å². The number of nitrogens with one attached hydrogen (secondary N) is 3. The maximum Gasteiger partial charge on any atom is 0.248 e. The lowest BCUT2D eigenvalue weighted by Gasteiger charge is -2.32. The molecule has 2 aromatic carbocycles. The molecule has 0 aliphatic carbocycles. The maximum atomic E-state index is 14.1. The van der Waals surface area contributed by atoms with E-state index in [-0.39, 0.29) is 42.9 Å². The molecule has 1 fully saturated rings. The molecule has 0 aromatic heterocycles. The Hall–Kier alpha value is -4.26. The third-order valence-corrected chi connectivity index (χ3v) is 13.5. The molecule has 1 heterocycles. The highest BCUT2D eigenvalue weighted by atomic mass is 32.2. The van der Waals surface area contributed by atoms with Crippen molar-refractivity contribution in [2.45, 2.75) is 183 Å². The van der Waals surface area contributed by atoms with Crippen molar-refractivity contribution in [2.75, 3.05) is 6.54 Å². The van der Waals surface area contributed by atoms with Gasteiger partial charge in [-0.2, -0.15) is 0 Å². The molecule has 65 heavy (non-hydrogen) atoms. The number of phenolic OH excluding ortho intramolecular Hbond substituents is 2. The number of benzene rings is 2. The van der Waals surface area contributed by atoms with Gasteiger partial charge in [-0.15, -0.1) is 11.8 Å². The van der Waals surface area contributed by atoms with Gasteiger partial charge in [-0.3, -0.25) is 24.0 Å². The number of carbonyl (C=O) groups is 5. The van der Waals surface area contributed by atoms with Crippen LogP contribution in [0, 0.1) is 11.8 Å². The number of carbonyl (C=O) groups excluding carboxylic acids is 5. The summed E-state index contributed by atoms with van der Waals surface area (Å²) in [5, 5.41) is 81.0. The van der Waals surface area contributed by atoms with Crippen molar-refractivity contribution in [3.05, 3.63) is 54.1 Å². The van der Waals surface area contributed by atoms with E-state index in [1.165, 1.54) is 80.8 Å². The predicted molar refractivity (Wildman–Crippen MR) is 248 cm³/mol. The van der Waals surface area contributed by atoms with E-state index in [1.807, 2.05) is 0 Å². The van der Waals surface area contributed by atoms with Gasteiger partial charge in [0.05, 0.1) is 18.3 Å². The largest absolute Gasteiger partial charge is 0.508 e. The van der Waals surface area contributed by atoms with E-state index in [0.717, 1.165) is 48.3 Å². The molecule has 4 amide bonds. The Labute approximate surface area is 388 Å². The molecular weight excluding hydrogens is 857 g/mol. The molecule has 10 N–H and O–H groups in total. The van der Waals surface area contributed by atoms with Crippen molar-refractivity contribution in [2.24, 2.45) is 11.8 Å². The van der Waals surface area contributed by atoms with Crippen molar-refractivity contribution in [3.63, 3.8) is 0 Å². The lowest BCUT2D eigenvalue weighted by Crippen LogP contribution is -2.61. The second-order valence-electron chi connectivity index (χ2n) is 18.0. The molecule has 364 valence electrons. The number of unbranched alkanes of at least 4 members (excludes halogenated alkanes) is 5. The minimum absolute atomic E-state index is 0.0718. The Balaban J connectivity index is 1.71. The highest BCUT2D eigenvalue weighted by molar-refractivity contribution is 8.00. The minimum Gasteiger partial charge on any atom is -0.508 e. The highest BCUT2D eigenvalue weighted by Crippen LogP contribution is 2.29. The van der Waals surface area contributed by atoms with E-state index in [9.17, 15) is 59.7 Å². The number of aliphatic hydroxyl groups is 5. The van der Waals surface area contributed by atoms with E-state index in [0.29, 0.717) is 12.3 Å². The standard InChI is InChI=1S/C48H74N4O12S/c1-7-28(2)24-29(3)14-12-10-8-9-11-13-15-41(59)49-38(26-40(58)32(6)65-37-22-20-35(56)21-23-37)46(62)51-43(31(5)54)48(64)52-27-36(57)25-39(52)47(63)50-42(30(4)53)45(61)44(60)33-16-18-34(55)19-17-33/h16-23,28-29,31-32,36,38-40,42-45,54-58,60-61H,7-15,24-27H2,1-6H3,(H,49,59)(H,50,63)(H,51,62)/t28?,29?,31-,32+,36-,38+,39+,40-,42-,43+,44+,45+/m1/s1. The number of likely N-dealkylation sites (tertiary alicyclic amines) is 1. The Bertz CT molecular complexity index is 1800. The van der Waals surface area contributed by atoms with Crippen molar-refractivity contribution >= 4 is 41.2 Å². The summed E-state index contributed by atoms with van der Waals surface area (Å²) in [4.78, 5) is 69.6. The number of hydrogen-bond donors (Lipinski definition) is 10. The molecule has 2 aromatic rings. The van der Waals surface area contributed by atoms with Gasteiger partial charge < -0.3 is 56.6 Å². The van der Waals surface area contributed by atoms with Gasteiger partial charge in [0.2, 0.25) is 23.6 Å². The number of thioether (sulfide) groups is 1. The molecule has 12 atom stereocenters. The van der Waals surface area contributed by atoms with Crippen molar-refractivity contribution < 1.29 is 59.7 Å². The molecule has 3 rings (SSSR count). The molecule has 1 aliphatic rings. The number of amides is 4. The van der Waals surface area contributed by atoms with Crippen LogP contribution in [-0.4, -0.2) is 130 Å². The van der Waals surface area contributed by atoms with Gasteiger partial charge >= 0.3 is 0 Å². The van der Waals surface area contributed by atoms with Crippen LogP contribution in [0.15, 0.2) is 53.4 Å². The number of aliphatic hydroxyl groups excluding tert-OH is 5. The summed E-state index contributed by atoms with van der Waals surface area (Å²) in [6.45, 7) is 10.5. The fourth-order valence-corrected chi connectivity index (χ4v) is 9.05. The van der Waals surface area contributed by atoms with E-state index in [1.54, 1.807) is 19.1 Å². The topological polar surface area (TPSA) is 266 Å². The minimum atomic E-state index is -1.85. The number of aromatic hydroxyl groups is 2. The Morgan fingerprint density at radius 3 is 1.92 bits per heavy atom. The molecule has 2 unspecified atom stereocenters. The number of nitrogens with zero attached hydrogens (tertiary/aromatic N) is 1. The quantitative estimate of drug-likeness (QED) is 0.0428. The van der Waals surface area contributed by atoms with Crippen molar-refractivity contribution in [1.82, 2.24) is 20.9 Å². The summed E-state index contributed by atoms with van der Waals surface area (Å²) in [5.41, 5.74) is 0.144. The number of hydrogen-bond acceptors (Lipinski definition) is 13. The number of β-amino-alcohol motifs (C(OH)–C–C–N with tert-alkyl or cyclic N) is 1. The van der Waals surface area contributed by atoms with E-state index in [4.69, 9.17) is 0 Å². The molecule has 0 saturated carbocycles. The summed E-state index contributed by atoms with van der Waals surface area (Å²) in [7, 11) is 0. The average Bonchev–Trinajstić information content (AvgIpc) is 3.66. The second-order valence-corrected chi connectivity index (χ2v) is 19.5. The van der Waals surface area contributed by atoms with Gasteiger partial charge in [-0.1, -0.05) is 84.8 Å². The lowest BCUT2D eigenvalue weighted by molar-refractivity contribution is -0.145. The zero-order valence-corrected chi connectivity index (χ0v) is 39.6. The third kappa shape index (κ3) is 18.2. The van der Waals surface area contributed by atoms with Crippen LogP contribution < -0.4 is 16.0 Å². The van der Waals surface area contributed by atoms with Crippen molar-refractivity contribution in [1.29, 1.82) is 0 Å². The van der Waals surface area contributed by atoms with Crippen LogP contribution >= 0.6 is 11.8 Å². The molecule has 1 aliphatic heterocycles. The van der Waals surface area contributed by atoms with Gasteiger partial charge in [-0.05, 0) is 80.5 Å². The van der Waals surface area contributed by atoms with E-state index in [2.05, 4.69) is 36.7 Å². The zero-order valence-electron chi connectivity index (χ0n) is 38.8. The fourth-order valence-electron chi connectivity index (χ4n) is 8.06. The first-order chi connectivity index (χ1) is 30.7. The smallest absolute Gasteiger partial charge is 0.248 e. The Kier molecular flexibility index (Phi) is 23.2. The van der Waals surface area contributed by atoms with Crippen LogP contribution in [0.4, 0.5) is 0 Å². The van der Waals surface area contributed by atoms with Crippen LogP contribution in [0.5, 0.6) is 11.5 Å². The number of ketones is 1. The van der Waals surface area contributed by atoms with Gasteiger partial charge in [0, 0.05) is 36.0 Å². The average molecular weight is 931 g/mol. The normalized spacial score (nSPS) is 19.7. The number of phenols is 2. The van der Waals surface area contributed by atoms with Gasteiger partial charge in [0.25, 0.3) is 0 Å². The first kappa shape index (κ1) is 55.1. The summed E-state index contributed by atoms with van der Waals surface area (Å²) in [5.74, 6) is -2.56. The first-order valence-electron chi connectivity index (χ1n) is 23.1.